The van der Waals surface area contributed by atoms with E-state index in [9.17, 15) is 4.79 Å². The van der Waals surface area contributed by atoms with Gasteiger partial charge in [-0.05, 0) is 12.1 Å². The third-order valence-electron chi connectivity index (χ3n) is 2.00. The molecule has 0 bridgehead atoms. The number of esters is 1. The fourth-order valence-corrected chi connectivity index (χ4v) is 1.21. The Morgan fingerprint density at radius 3 is 2.81 bits per heavy atom. The molecule has 0 spiro atoms. The van der Waals surface area contributed by atoms with E-state index in [-0.39, 0.29) is 6.54 Å². The monoisotopic (exact) mass is 220 g/mol. The van der Waals surface area contributed by atoms with Gasteiger partial charge in [0.2, 0.25) is 0 Å². The van der Waals surface area contributed by atoms with Gasteiger partial charge in [0.05, 0.1) is 25.5 Å². The Kier molecular flexibility index (Phi) is 4.16. The lowest BCUT2D eigenvalue weighted by molar-refractivity contribution is -0.138. The van der Waals surface area contributed by atoms with E-state index >= 15 is 0 Å². The first-order valence-corrected chi connectivity index (χ1v) is 4.60. The Labute approximate surface area is 93.6 Å². The molecule has 1 rings (SSSR count). The van der Waals surface area contributed by atoms with Crippen molar-refractivity contribution in [3.8, 4) is 11.8 Å². The van der Waals surface area contributed by atoms with Gasteiger partial charge in [-0.15, -0.1) is 0 Å². The van der Waals surface area contributed by atoms with Gasteiger partial charge in [-0.1, -0.05) is 6.07 Å². The Hall–Kier alpha value is -2.22. The van der Waals surface area contributed by atoms with Crippen LogP contribution in [0.1, 0.15) is 5.56 Å². The number of anilines is 1. The molecule has 0 atom stereocenters. The van der Waals surface area contributed by atoms with E-state index in [1.165, 1.54) is 14.2 Å². The number of carbonyl (C=O) groups is 1. The highest BCUT2D eigenvalue weighted by Gasteiger charge is 2.09. The van der Waals surface area contributed by atoms with Crippen LogP contribution in [0.2, 0.25) is 0 Å². The van der Waals surface area contributed by atoms with Crippen molar-refractivity contribution in [1.29, 1.82) is 5.26 Å². The van der Waals surface area contributed by atoms with Gasteiger partial charge in [0.1, 0.15) is 18.4 Å². The highest BCUT2D eigenvalue weighted by atomic mass is 16.5. The Bertz CT molecular complexity index is 424. The molecule has 16 heavy (non-hydrogen) atoms. The number of nitrogens with one attached hydrogen (secondary N) is 1. The average Bonchev–Trinajstić information content (AvgIpc) is 2.35. The van der Waals surface area contributed by atoms with Gasteiger partial charge in [-0.3, -0.25) is 4.79 Å². The maximum Gasteiger partial charge on any atom is 0.325 e. The van der Waals surface area contributed by atoms with E-state index in [0.29, 0.717) is 17.0 Å². The molecule has 1 N–H and O–H groups in total. The number of methoxy groups -OCH3 is 2. The summed E-state index contributed by atoms with van der Waals surface area (Å²) in [4.78, 5) is 11.0. The maximum absolute atomic E-state index is 11.0. The van der Waals surface area contributed by atoms with Crippen LogP contribution in [-0.4, -0.2) is 26.7 Å². The van der Waals surface area contributed by atoms with E-state index in [4.69, 9.17) is 10.00 Å². The SMILES string of the molecule is COC(=O)CNc1c(C#N)cccc1OC. The van der Waals surface area contributed by atoms with Crippen LogP contribution in [0.15, 0.2) is 18.2 Å². The van der Waals surface area contributed by atoms with Crippen molar-refractivity contribution in [1.82, 2.24) is 0 Å². The number of ether oxygens (including phenoxy) is 2. The number of benzene rings is 1. The molecule has 0 radical (unpaired) electrons. The molecule has 5 heteroatoms. The minimum absolute atomic E-state index is 0.00838. The minimum Gasteiger partial charge on any atom is -0.495 e. The molecule has 0 saturated carbocycles. The molecule has 5 nitrogen and oxygen atoms in total. The summed E-state index contributed by atoms with van der Waals surface area (Å²) >= 11 is 0. The highest BCUT2D eigenvalue weighted by Crippen LogP contribution is 2.27. The van der Waals surface area contributed by atoms with Crippen molar-refractivity contribution in [2.24, 2.45) is 0 Å². The Morgan fingerprint density at radius 2 is 2.25 bits per heavy atom. The third kappa shape index (κ3) is 2.64. The molecule has 0 saturated heterocycles. The lowest BCUT2D eigenvalue weighted by Gasteiger charge is -2.11. The van der Waals surface area contributed by atoms with Crippen molar-refractivity contribution in [3.05, 3.63) is 23.8 Å². The van der Waals surface area contributed by atoms with E-state index in [1.807, 2.05) is 6.07 Å². The normalized spacial score (nSPS) is 9.06. The zero-order valence-electron chi connectivity index (χ0n) is 9.11. The smallest absolute Gasteiger partial charge is 0.325 e. The fourth-order valence-electron chi connectivity index (χ4n) is 1.21. The van der Waals surface area contributed by atoms with Gasteiger partial charge >= 0.3 is 5.97 Å². The average molecular weight is 220 g/mol. The zero-order chi connectivity index (χ0) is 12.0. The quantitative estimate of drug-likeness (QED) is 0.771. The van der Waals surface area contributed by atoms with Crippen molar-refractivity contribution in [2.75, 3.05) is 26.1 Å². The van der Waals surface area contributed by atoms with Crippen LogP contribution in [0.5, 0.6) is 5.75 Å². The Balaban J connectivity index is 2.92. The highest BCUT2D eigenvalue weighted by molar-refractivity contribution is 5.77. The molecule has 0 aliphatic carbocycles. The molecule has 0 amide bonds. The van der Waals surface area contributed by atoms with Gasteiger partial charge < -0.3 is 14.8 Å². The number of rotatable bonds is 4. The van der Waals surface area contributed by atoms with Gasteiger partial charge in [0, 0.05) is 0 Å². The topological polar surface area (TPSA) is 71.3 Å². The van der Waals surface area contributed by atoms with E-state index < -0.39 is 5.97 Å². The predicted octanol–water partition coefficient (Wildman–Crippen LogP) is 1.15. The second kappa shape index (κ2) is 5.61. The summed E-state index contributed by atoms with van der Waals surface area (Å²) in [6.45, 7) is -0.00838. The summed E-state index contributed by atoms with van der Waals surface area (Å²) in [6, 6.07) is 7.08. The second-order valence-corrected chi connectivity index (χ2v) is 2.92. The van der Waals surface area contributed by atoms with E-state index in [2.05, 4.69) is 10.1 Å². The van der Waals surface area contributed by atoms with Crippen molar-refractivity contribution < 1.29 is 14.3 Å². The Morgan fingerprint density at radius 1 is 1.50 bits per heavy atom. The third-order valence-corrected chi connectivity index (χ3v) is 2.00. The summed E-state index contributed by atoms with van der Waals surface area (Å²) in [5.41, 5.74) is 0.918. The fraction of sp³-hybridized carbons (Fsp3) is 0.273. The first-order chi connectivity index (χ1) is 7.72. The van der Waals surface area contributed by atoms with Crippen LogP contribution in [0, 0.1) is 11.3 Å². The summed E-state index contributed by atoms with van der Waals surface area (Å²) in [7, 11) is 2.80. The van der Waals surface area contributed by atoms with Gasteiger partial charge in [0.15, 0.2) is 0 Å². The van der Waals surface area contributed by atoms with E-state index in [0.717, 1.165) is 0 Å². The summed E-state index contributed by atoms with van der Waals surface area (Å²) in [5.74, 6) is 0.109. The van der Waals surface area contributed by atoms with Gasteiger partial charge in [0.25, 0.3) is 0 Å². The molecule has 0 heterocycles. The second-order valence-electron chi connectivity index (χ2n) is 2.92. The molecule has 0 unspecified atom stereocenters. The molecular weight excluding hydrogens is 208 g/mol. The largest absolute Gasteiger partial charge is 0.495 e. The van der Waals surface area contributed by atoms with Crippen LogP contribution in [-0.2, 0) is 9.53 Å². The first-order valence-electron chi connectivity index (χ1n) is 4.60. The van der Waals surface area contributed by atoms with Crippen molar-refractivity contribution in [2.45, 2.75) is 0 Å². The first kappa shape index (κ1) is 11.9. The molecule has 0 aromatic heterocycles. The number of nitriles is 1. The maximum atomic E-state index is 11.0. The molecule has 1 aromatic carbocycles. The minimum atomic E-state index is -0.408. The van der Waals surface area contributed by atoms with E-state index in [1.54, 1.807) is 18.2 Å². The standard InChI is InChI=1S/C11H12N2O3/c1-15-9-5-3-4-8(6-12)11(9)13-7-10(14)16-2/h3-5,13H,7H2,1-2H3. The number of carbonyl (C=O) groups excluding carboxylic acids is 1. The summed E-state index contributed by atoms with van der Waals surface area (Å²) in [5, 5.41) is 11.7. The number of hydrogen-bond acceptors (Lipinski definition) is 5. The van der Waals surface area contributed by atoms with Crippen molar-refractivity contribution in [3.63, 3.8) is 0 Å². The molecule has 0 aliphatic heterocycles. The number of hydrogen-bond donors (Lipinski definition) is 1. The zero-order valence-corrected chi connectivity index (χ0v) is 9.11. The van der Waals surface area contributed by atoms with Crippen LogP contribution in [0.4, 0.5) is 5.69 Å². The molecule has 1 aromatic rings. The lowest BCUT2D eigenvalue weighted by Crippen LogP contribution is -2.16. The molecule has 0 fully saturated rings. The van der Waals surface area contributed by atoms with Crippen LogP contribution in [0.25, 0.3) is 0 Å². The van der Waals surface area contributed by atoms with Crippen LogP contribution >= 0.6 is 0 Å². The molecule has 0 aliphatic rings. The van der Waals surface area contributed by atoms with Gasteiger partial charge in [-0.25, -0.2) is 0 Å². The summed E-state index contributed by atoms with van der Waals surface area (Å²) in [6.07, 6.45) is 0. The molecular formula is C11H12N2O3. The number of nitrogens with zero attached hydrogens (tertiary/aromatic N) is 1. The predicted molar refractivity (Wildman–Crippen MR) is 58.2 cm³/mol. The lowest BCUT2D eigenvalue weighted by atomic mass is 10.2. The molecule has 84 valence electrons. The van der Waals surface area contributed by atoms with Crippen LogP contribution in [0.3, 0.4) is 0 Å². The summed E-state index contributed by atoms with van der Waals surface area (Å²) < 4.78 is 9.58. The van der Waals surface area contributed by atoms with Gasteiger partial charge in [-0.2, -0.15) is 5.26 Å². The van der Waals surface area contributed by atoms with Crippen molar-refractivity contribution >= 4 is 11.7 Å². The number of para-hydroxylation sites is 1. The van der Waals surface area contributed by atoms with Crippen LogP contribution < -0.4 is 10.1 Å².